The molecule has 0 aliphatic carbocycles. The Labute approximate surface area is 131 Å². The Morgan fingerprint density at radius 2 is 1.62 bits per heavy atom. The number of aliphatic hydroxyl groups excluding tert-OH is 1. The number of benzene rings is 1. The molecule has 1 aromatic carbocycles. The molecule has 0 heterocycles. The molecule has 0 spiro atoms. The molecule has 0 aliphatic heterocycles. The Hall–Kier alpha value is -1.06. The van der Waals surface area contributed by atoms with Crippen molar-refractivity contribution in [3.05, 3.63) is 29.3 Å². The average molecular weight is 297 g/mol. The lowest BCUT2D eigenvalue weighted by Gasteiger charge is -2.30. The zero-order chi connectivity index (χ0) is 17.1. The van der Waals surface area contributed by atoms with Gasteiger partial charge in [0, 0.05) is 18.2 Å². The van der Waals surface area contributed by atoms with Crippen LogP contribution in [0.1, 0.15) is 59.6 Å². The van der Waals surface area contributed by atoms with Gasteiger partial charge in [0.1, 0.15) is 5.75 Å². The largest absolute Gasteiger partial charge is 0.508 e. The van der Waals surface area contributed by atoms with E-state index >= 15 is 0 Å². The smallest absolute Gasteiger partial charge is 0.120 e. The first-order valence-electron chi connectivity index (χ1n) is 7.97. The number of phenolic OH excluding ortho intramolecular Hbond substituents is 1. The Balaban J connectivity index is 0. The second-order valence-corrected chi connectivity index (χ2v) is 5.61. The highest BCUT2D eigenvalue weighted by Gasteiger charge is 2.23. The molecule has 3 heteroatoms. The zero-order valence-corrected chi connectivity index (χ0v) is 15.1. The van der Waals surface area contributed by atoms with E-state index in [2.05, 4.69) is 26.1 Å². The SMILES string of the molecule is CC.CC.Cc1ccc(O)c(CNC(CO)C(C)(C)C)c1. The lowest BCUT2D eigenvalue weighted by molar-refractivity contribution is 0.157. The zero-order valence-electron chi connectivity index (χ0n) is 15.1. The Morgan fingerprint density at radius 3 is 2.05 bits per heavy atom. The van der Waals surface area contributed by atoms with E-state index in [0.29, 0.717) is 12.3 Å². The van der Waals surface area contributed by atoms with Gasteiger partial charge in [-0.25, -0.2) is 0 Å². The fourth-order valence-corrected chi connectivity index (χ4v) is 1.73. The standard InChI is InChI=1S/C14H23NO2.2C2H6/c1-10-5-6-12(17)11(7-10)8-15-13(9-16)14(2,3)4;2*1-2/h5-7,13,15-17H,8-9H2,1-4H3;2*1-2H3. The first kappa shape index (κ1) is 22.2. The molecule has 124 valence electrons. The van der Waals surface area contributed by atoms with Crippen LogP contribution < -0.4 is 5.32 Å². The van der Waals surface area contributed by atoms with Crippen molar-refractivity contribution in [3.8, 4) is 5.75 Å². The minimum absolute atomic E-state index is 0.00576. The van der Waals surface area contributed by atoms with Gasteiger partial charge in [-0.05, 0) is 18.4 Å². The summed E-state index contributed by atoms with van der Waals surface area (Å²) in [6.45, 7) is 16.9. The summed E-state index contributed by atoms with van der Waals surface area (Å²) < 4.78 is 0. The van der Waals surface area contributed by atoms with Crippen molar-refractivity contribution in [2.24, 2.45) is 5.41 Å². The summed E-state index contributed by atoms with van der Waals surface area (Å²) in [5.74, 6) is 0.300. The van der Waals surface area contributed by atoms with Crippen molar-refractivity contribution >= 4 is 0 Å². The van der Waals surface area contributed by atoms with Crippen LogP contribution in [0.2, 0.25) is 0 Å². The molecular formula is C18H35NO2. The van der Waals surface area contributed by atoms with Gasteiger partial charge in [-0.3, -0.25) is 0 Å². The quantitative estimate of drug-likeness (QED) is 0.778. The lowest BCUT2D eigenvalue weighted by Crippen LogP contribution is -2.42. The van der Waals surface area contributed by atoms with Crippen LogP contribution in [0.5, 0.6) is 5.75 Å². The number of aliphatic hydroxyl groups is 1. The van der Waals surface area contributed by atoms with E-state index in [4.69, 9.17) is 0 Å². The van der Waals surface area contributed by atoms with Crippen molar-refractivity contribution < 1.29 is 10.2 Å². The minimum Gasteiger partial charge on any atom is -0.508 e. The van der Waals surface area contributed by atoms with Crippen LogP contribution in [0.4, 0.5) is 0 Å². The molecule has 1 aromatic rings. The molecule has 1 atom stereocenters. The number of hydrogen-bond donors (Lipinski definition) is 3. The van der Waals surface area contributed by atoms with Crippen LogP contribution in [0.3, 0.4) is 0 Å². The van der Waals surface area contributed by atoms with Gasteiger partial charge in [0.2, 0.25) is 0 Å². The maximum atomic E-state index is 9.72. The second-order valence-electron chi connectivity index (χ2n) is 5.61. The number of nitrogens with one attached hydrogen (secondary N) is 1. The van der Waals surface area contributed by atoms with Crippen LogP contribution in [-0.2, 0) is 6.54 Å². The van der Waals surface area contributed by atoms with Crippen molar-refractivity contribution in [3.63, 3.8) is 0 Å². The normalized spacial score (nSPS) is 11.7. The highest BCUT2D eigenvalue weighted by atomic mass is 16.3. The second kappa shape index (κ2) is 11.6. The topological polar surface area (TPSA) is 52.5 Å². The predicted molar refractivity (Wildman–Crippen MR) is 92.7 cm³/mol. The Bertz CT molecular complexity index is 370. The third kappa shape index (κ3) is 8.74. The van der Waals surface area contributed by atoms with Crippen LogP contribution in [0.25, 0.3) is 0 Å². The summed E-state index contributed by atoms with van der Waals surface area (Å²) in [4.78, 5) is 0. The van der Waals surface area contributed by atoms with Crippen molar-refractivity contribution in [2.75, 3.05) is 6.61 Å². The average Bonchev–Trinajstić information content (AvgIpc) is 2.46. The number of rotatable bonds is 4. The number of hydrogen-bond acceptors (Lipinski definition) is 3. The van der Waals surface area contributed by atoms with E-state index in [1.54, 1.807) is 6.07 Å². The van der Waals surface area contributed by atoms with Gasteiger partial charge in [0.05, 0.1) is 6.61 Å². The molecule has 0 aromatic heterocycles. The molecule has 0 aliphatic rings. The van der Waals surface area contributed by atoms with Gasteiger partial charge >= 0.3 is 0 Å². The van der Waals surface area contributed by atoms with E-state index in [0.717, 1.165) is 11.1 Å². The van der Waals surface area contributed by atoms with Crippen molar-refractivity contribution in [2.45, 2.75) is 68.0 Å². The van der Waals surface area contributed by atoms with Gasteiger partial charge < -0.3 is 15.5 Å². The van der Waals surface area contributed by atoms with E-state index in [9.17, 15) is 10.2 Å². The first-order valence-corrected chi connectivity index (χ1v) is 7.97. The molecular weight excluding hydrogens is 262 g/mol. The third-order valence-corrected chi connectivity index (χ3v) is 3.00. The maximum absolute atomic E-state index is 9.72. The van der Waals surface area contributed by atoms with Gasteiger partial charge in [0.15, 0.2) is 0 Å². The van der Waals surface area contributed by atoms with Crippen molar-refractivity contribution in [1.29, 1.82) is 0 Å². The minimum atomic E-state index is -0.00576. The molecule has 0 radical (unpaired) electrons. The van der Waals surface area contributed by atoms with E-state index in [1.165, 1.54) is 0 Å². The summed E-state index contributed by atoms with van der Waals surface area (Å²) in [5, 5.41) is 22.3. The summed E-state index contributed by atoms with van der Waals surface area (Å²) in [6.07, 6.45) is 0. The molecule has 3 nitrogen and oxygen atoms in total. The Morgan fingerprint density at radius 1 is 1.10 bits per heavy atom. The van der Waals surface area contributed by atoms with Gasteiger partial charge in [-0.15, -0.1) is 0 Å². The van der Waals surface area contributed by atoms with E-state index < -0.39 is 0 Å². The van der Waals surface area contributed by atoms with Crippen LogP contribution in [0.15, 0.2) is 18.2 Å². The third-order valence-electron chi connectivity index (χ3n) is 3.00. The number of aryl methyl sites for hydroxylation is 1. The summed E-state index contributed by atoms with van der Waals surface area (Å²) in [7, 11) is 0. The molecule has 0 bridgehead atoms. The van der Waals surface area contributed by atoms with E-state index in [1.807, 2.05) is 46.8 Å². The monoisotopic (exact) mass is 297 g/mol. The first-order chi connectivity index (χ1) is 9.84. The molecule has 0 saturated heterocycles. The number of phenols is 1. The Kier molecular flexibility index (Phi) is 12.3. The van der Waals surface area contributed by atoms with Crippen LogP contribution in [0, 0.1) is 12.3 Å². The van der Waals surface area contributed by atoms with Gasteiger partial charge in [0.25, 0.3) is 0 Å². The fourth-order valence-electron chi connectivity index (χ4n) is 1.73. The molecule has 21 heavy (non-hydrogen) atoms. The molecule has 0 amide bonds. The van der Waals surface area contributed by atoms with Crippen LogP contribution in [-0.4, -0.2) is 22.9 Å². The number of aromatic hydroxyl groups is 1. The lowest BCUT2D eigenvalue weighted by atomic mass is 9.87. The summed E-state index contributed by atoms with van der Waals surface area (Å²) >= 11 is 0. The molecule has 3 N–H and O–H groups in total. The predicted octanol–water partition coefficient (Wildman–Crippen LogP) is 4.25. The fraction of sp³-hybridized carbons (Fsp3) is 0.667. The van der Waals surface area contributed by atoms with Crippen LogP contribution >= 0.6 is 0 Å². The molecule has 0 saturated carbocycles. The highest BCUT2D eigenvalue weighted by Crippen LogP contribution is 2.21. The maximum Gasteiger partial charge on any atom is 0.120 e. The van der Waals surface area contributed by atoms with E-state index in [-0.39, 0.29) is 18.1 Å². The highest BCUT2D eigenvalue weighted by molar-refractivity contribution is 5.35. The summed E-state index contributed by atoms with van der Waals surface area (Å²) in [6, 6.07) is 5.56. The van der Waals surface area contributed by atoms with Crippen molar-refractivity contribution in [1.82, 2.24) is 5.32 Å². The molecule has 1 rings (SSSR count). The molecule has 1 unspecified atom stereocenters. The molecule has 0 fully saturated rings. The summed E-state index contributed by atoms with van der Waals surface area (Å²) in [5.41, 5.74) is 1.98. The van der Waals surface area contributed by atoms with Gasteiger partial charge in [-0.2, -0.15) is 0 Å². The van der Waals surface area contributed by atoms with Gasteiger partial charge in [-0.1, -0.05) is 66.2 Å².